The number of hydrogen-bond donors (Lipinski definition) is 1. The number of carbonyl (C=O) groups excluding carboxylic acids is 1. The largest absolute Gasteiger partial charge is 0.416 e. The number of alkyl halides is 3. The van der Waals surface area contributed by atoms with Crippen molar-refractivity contribution in [3.8, 4) is 22.6 Å². The van der Waals surface area contributed by atoms with Crippen molar-refractivity contribution >= 4 is 12.1 Å². The molecule has 4 aromatic rings. The van der Waals surface area contributed by atoms with Gasteiger partial charge >= 0.3 is 11.9 Å². The third kappa shape index (κ3) is 4.50. The molecule has 0 spiro atoms. The molecule has 0 aliphatic rings. The summed E-state index contributed by atoms with van der Waals surface area (Å²) >= 11 is 0. The van der Waals surface area contributed by atoms with Crippen LogP contribution in [0.15, 0.2) is 64.3 Å². The predicted octanol–water partition coefficient (Wildman–Crippen LogP) is 4.30. The van der Waals surface area contributed by atoms with Gasteiger partial charge < -0.3 is 5.32 Å². The van der Waals surface area contributed by atoms with E-state index in [4.69, 9.17) is 6.57 Å². The molecule has 2 aromatic heterocycles. The van der Waals surface area contributed by atoms with Crippen LogP contribution in [0.5, 0.6) is 0 Å². The molecule has 9 nitrogen and oxygen atoms in total. The Bertz CT molecular complexity index is 1690. The lowest BCUT2D eigenvalue weighted by atomic mass is 10.1. The Hall–Kier alpha value is -4.92. The monoisotopic (exact) mass is 522 g/mol. The fourth-order valence-corrected chi connectivity index (χ4v) is 4.24. The standard InChI is InChI=1S/C26H21F3N6O3/c1-15-13-32-35(20-10-8-19(30-4)9-11-20)23(15)22-16(2)33(21-7-5-6-18(12-21)26(27,28)29)25(38)34(24(22)37)17(3)31-14-36/h5-14,17H,1-3H3,(H,31,36)/t17-/m1/s1. The molecule has 194 valence electrons. The average Bonchev–Trinajstić information content (AvgIpc) is 3.25. The Morgan fingerprint density at radius 2 is 1.76 bits per heavy atom. The van der Waals surface area contributed by atoms with Crippen LogP contribution < -0.4 is 16.6 Å². The first-order chi connectivity index (χ1) is 18.0. The van der Waals surface area contributed by atoms with Gasteiger partial charge in [0.05, 0.1) is 41.0 Å². The number of amides is 1. The molecule has 0 saturated heterocycles. The zero-order valence-electron chi connectivity index (χ0n) is 20.4. The summed E-state index contributed by atoms with van der Waals surface area (Å²) in [5.74, 6) is 0. The van der Waals surface area contributed by atoms with E-state index < -0.39 is 29.2 Å². The molecule has 0 unspecified atom stereocenters. The zero-order valence-corrected chi connectivity index (χ0v) is 20.4. The second-order valence-electron chi connectivity index (χ2n) is 8.48. The number of aromatic nitrogens is 4. The Morgan fingerprint density at radius 1 is 1.08 bits per heavy atom. The van der Waals surface area contributed by atoms with Gasteiger partial charge in [0, 0.05) is 5.69 Å². The van der Waals surface area contributed by atoms with E-state index in [-0.39, 0.29) is 16.9 Å². The van der Waals surface area contributed by atoms with E-state index in [9.17, 15) is 27.6 Å². The van der Waals surface area contributed by atoms with Crippen LogP contribution in [-0.2, 0) is 11.0 Å². The number of nitrogens with zero attached hydrogens (tertiary/aromatic N) is 5. The number of nitrogens with one attached hydrogen (secondary N) is 1. The molecule has 38 heavy (non-hydrogen) atoms. The molecule has 1 atom stereocenters. The maximum absolute atomic E-state index is 13.8. The van der Waals surface area contributed by atoms with Gasteiger partial charge in [-0.15, -0.1) is 0 Å². The SMILES string of the molecule is [C-]#[N+]c1ccc(-n2ncc(C)c2-c2c(C)n(-c3cccc(C(F)(F)F)c3)c(=O)n([C@H](C)NC=O)c2=O)cc1. The first-order valence-electron chi connectivity index (χ1n) is 11.3. The number of aryl methyl sites for hydroxylation is 1. The van der Waals surface area contributed by atoms with Gasteiger partial charge in [0.15, 0.2) is 5.69 Å². The summed E-state index contributed by atoms with van der Waals surface area (Å²) in [7, 11) is 0. The summed E-state index contributed by atoms with van der Waals surface area (Å²) in [6, 6.07) is 10.6. The molecule has 1 N–H and O–H groups in total. The molecule has 0 aliphatic heterocycles. The fraction of sp³-hybridized carbons (Fsp3) is 0.192. The number of rotatable bonds is 6. The Balaban J connectivity index is 2.10. The zero-order chi connectivity index (χ0) is 27.8. The maximum Gasteiger partial charge on any atom is 0.416 e. The van der Waals surface area contributed by atoms with Gasteiger partial charge in [-0.2, -0.15) is 18.3 Å². The molecule has 0 fully saturated rings. The third-order valence-electron chi connectivity index (χ3n) is 6.07. The molecule has 4 rings (SSSR count). The van der Waals surface area contributed by atoms with E-state index >= 15 is 0 Å². The van der Waals surface area contributed by atoms with Crippen molar-refractivity contribution in [3.63, 3.8) is 0 Å². The van der Waals surface area contributed by atoms with E-state index in [2.05, 4.69) is 15.3 Å². The first-order valence-corrected chi connectivity index (χ1v) is 11.3. The average molecular weight is 522 g/mol. The van der Waals surface area contributed by atoms with Crippen LogP contribution in [0.3, 0.4) is 0 Å². The maximum atomic E-state index is 13.8. The van der Waals surface area contributed by atoms with Crippen LogP contribution in [0.1, 0.15) is 29.9 Å². The molecule has 0 aliphatic carbocycles. The fourth-order valence-electron chi connectivity index (χ4n) is 4.24. The quantitative estimate of drug-likeness (QED) is 0.302. The van der Waals surface area contributed by atoms with Crippen LogP contribution in [0.25, 0.3) is 27.5 Å². The molecular weight excluding hydrogens is 501 g/mol. The van der Waals surface area contributed by atoms with Crippen LogP contribution in [0.2, 0.25) is 0 Å². The summed E-state index contributed by atoms with van der Waals surface area (Å²) in [6.07, 6.45) is -3.95. The van der Waals surface area contributed by atoms with Crippen LogP contribution >= 0.6 is 0 Å². The highest BCUT2D eigenvalue weighted by molar-refractivity contribution is 5.68. The van der Waals surface area contributed by atoms with Gasteiger partial charge in [-0.25, -0.2) is 18.9 Å². The second-order valence-corrected chi connectivity index (χ2v) is 8.48. The van der Waals surface area contributed by atoms with E-state index in [1.165, 1.54) is 36.9 Å². The third-order valence-corrected chi connectivity index (χ3v) is 6.07. The molecule has 2 aromatic carbocycles. The van der Waals surface area contributed by atoms with Gasteiger partial charge in [0.25, 0.3) is 5.56 Å². The highest BCUT2D eigenvalue weighted by Gasteiger charge is 2.31. The lowest BCUT2D eigenvalue weighted by Gasteiger charge is -2.22. The minimum atomic E-state index is -4.66. The van der Waals surface area contributed by atoms with Gasteiger partial charge in [-0.05, 0) is 56.7 Å². The van der Waals surface area contributed by atoms with Crippen molar-refractivity contribution in [1.82, 2.24) is 24.2 Å². The Labute approximate surface area is 214 Å². The van der Waals surface area contributed by atoms with Crippen LogP contribution in [0, 0.1) is 20.4 Å². The minimum absolute atomic E-state index is 0.00539. The van der Waals surface area contributed by atoms with Gasteiger partial charge in [0.2, 0.25) is 6.41 Å². The summed E-state index contributed by atoms with van der Waals surface area (Å²) in [5.41, 5.74) is -0.926. The topological polar surface area (TPSA) is 95.3 Å². The van der Waals surface area contributed by atoms with Crippen molar-refractivity contribution in [1.29, 1.82) is 0 Å². The summed E-state index contributed by atoms with van der Waals surface area (Å²) in [5, 5.41) is 6.73. The molecule has 1 amide bonds. The van der Waals surface area contributed by atoms with E-state index in [1.54, 1.807) is 31.2 Å². The lowest BCUT2D eigenvalue weighted by molar-refractivity contribution is -0.137. The number of hydrogen-bond acceptors (Lipinski definition) is 4. The molecular formula is C26H21F3N6O3. The molecule has 2 heterocycles. The van der Waals surface area contributed by atoms with E-state index in [0.29, 0.717) is 29.0 Å². The highest BCUT2D eigenvalue weighted by atomic mass is 19.4. The normalized spacial score (nSPS) is 12.1. The smallest absolute Gasteiger partial charge is 0.338 e. The van der Waals surface area contributed by atoms with E-state index in [0.717, 1.165) is 21.3 Å². The van der Waals surface area contributed by atoms with Crippen molar-refractivity contribution in [3.05, 3.63) is 104 Å². The van der Waals surface area contributed by atoms with Gasteiger partial charge in [0.1, 0.15) is 6.17 Å². The Kier molecular flexibility index (Phi) is 6.78. The van der Waals surface area contributed by atoms with Crippen molar-refractivity contribution in [2.45, 2.75) is 33.1 Å². The second kappa shape index (κ2) is 9.85. The number of carbonyl (C=O) groups is 1. The van der Waals surface area contributed by atoms with Crippen molar-refractivity contribution < 1.29 is 18.0 Å². The number of benzene rings is 2. The summed E-state index contributed by atoms with van der Waals surface area (Å²) in [4.78, 5) is 41.9. The highest BCUT2D eigenvalue weighted by Crippen LogP contribution is 2.32. The molecule has 12 heteroatoms. The molecule has 0 radical (unpaired) electrons. The number of halogens is 3. The van der Waals surface area contributed by atoms with Crippen LogP contribution in [-0.4, -0.2) is 25.3 Å². The van der Waals surface area contributed by atoms with E-state index in [1.807, 2.05) is 0 Å². The predicted molar refractivity (Wildman–Crippen MR) is 134 cm³/mol. The molecule has 0 saturated carbocycles. The molecule has 0 bridgehead atoms. The van der Waals surface area contributed by atoms with Gasteiger partial charge in [-0.1, -0.05) is 18.2 Å². The first kappa shape index (κ1) is 26.2. The lowest BCUT2D eigenvalue weighted by Crippen LogP contribution is -2.46. The summed E-state index contributed by atoms with van der Waals surface area (Å²) < 4.78 is 43.7. The summed E-state index contributed by atoms with van der Waals surface area (Å²) in [6.45, 7) is 11.7. The van der Waals surface area contributed by atoms with Crippen LogP contribution in [0.4, 0.5) is 18.9 Å². The van der Waals surface area contributed by atoms with Gasteiger partial charge in [-0.3, -0.25) is 14.2 Å². The minimum Gasteiger partial charge on any atom is -0.338 e. The Morgan fingerprint density at radius 3 is 2.37 bits per heavy atom. The van der Waals surface area contributed by atoms with Crippen molar-refractivity contribution in [2.24, 2.45) is 0 Å². The van der Waals surface area contributed by atoms with Crippen molar-refractivity contribution in [2.75, 3.05) is 0 Å².